The van der Waals surface area contributed by atoms with Crippen LogP contribution in [-0.2, 0) is 21.1 Å². The lowest BCUT2D eigenvalue weighted by molar-refractivity contribution is -0.114. The first kappa shape index (κ1) is 20.0. The zero-order valence-electron chi connectivity index (χ0n) is 16.9. The van der Waals surface area contributed by atoms with Gasteiger partial charge in [-0.05, 0) is 55.9 Å². The molecular formula is C20H24N4O3S2. The molecule has 1 fully saturated rings. The topological polar surface area (TPSA) is 103 Å². The molecular weight excluding hydrogens is 408 g/mol. The van der Waals surface area contributed by atoms with Crippen molar-refractivity contribution in [3.63, 3.8) is 0 Å². The summed E-state index contributed by atoms with van der Waals surface area (Å²) < 4.78 is 21.0. The van der Waals surface area contributed by atoms with Crippen molar-refractivity contribution in [1.29, 1.82) is 4.78 Å². The lowest BCUT2D eigenvalue weighted by Crippen LogP contribution is -2.35. The maximum atomic E-state index is 13.1. The summed E-state index contributed by atoms with van der Waals surface area (Å²) in [6.45, 7) is 5.82. The van der Waals surface area contributed by atoms with Crippen molar-refractivity contribution in [3.05, 3.63) is 29.0 Å². The van der Waals surface area contributed by atoms with Crippen molar-refractivity contribution in [2.24, 2.45) is 5.92 Å². The number of aromatic nitrogens is 1. The van der Waals surface area contributed by atoms with E-state index >= 15 is 0 Å². The highest BCUT2D eigenvalue weighted by Crippen LogP contribution is 2.42. The molecule has 1 unspecified atom stereocenters. The zero-order valence-corrected chi connectivity index (χ0v) is 18.5. The molecule has 2 aromatic rings. The van der Waals surface area contributed by atoms with Crippen LogP contribution < -0.4 is 5.32 Å². The predicted octanol–water partition coefficient (Wildman–Crippen LogP) is 3.87. The third kappa shape index (κ3) is 3.69. The number of carbonyl (C=O) groups excluding carboxylic acids is 2. The highest BCUT2D eigenvalue weighted by molar-refractivity contribution is 7.91. The van der Waals surface area contributed by atoms with Crippen molar-refractivity contribution in [2.75, 3.05) is 11.6 Å². The van der Waals surface area contributed by atoms with Crippen molar-refractivity contribution < 1.29 is 13.8 Å². The van der Waals surface area contributed by atoms with Crippen LogP contribution in [0.1, 0.15) is 48.3 Å². The van der Waals surface area contributed by atoms with Crippen LogP contribution in [0.4, 0.5) is 5.13 Å². The average molecular weight is 433 g/mol. The van der Waals surface area contributed by atoms with E-state index in [0.717, 1.165) is 34.5 Å². The Morgan fingerprint density at radius 3 is 2.69 bits per heavy atom. The Bertz CT molecular complexity index is 1130. The van der Waals surface area contributed by atoms with Gasteiger partial charge in [0, 0.05) is 25.8 Å². The first-order chi connectivity index (χ1) is 13.6. The van der Waals surface area contributed by atoms with Crippen LogP contribution in [0, 0.1) is 17.6 Å². The largest absolute Gasteiger partial charge is 0.331 e. The number of hydrogen-bond donors (Lipinski definition) is 2. The molecule has 0 saturated heterocycles. The van der Waals surface area contributed by atoms with Crippen LogP contribution >= 0.6 is 11.3 Å². The van der Waals surface area contributed by atoms with Crippen LogP contribution in [0.3, 0.4) is 0 Å². The number of hydrogen-bond acceptors (Lipinski definition) is 6. The van der Waals surface area contributed by atoms with E-state index in [-0.39, 0.29) is 22.8 Å². The molecule has 0 spiro atoms. The molecule has 2 N–H and O–H groups in total. The van der Waals surface area contributed by atoms with Crippen molar-refractivity contribution >= 4 is 38.0 Å². The maximum absolute atomic E-state index is 13.1. The number of nitrogens with zero attached hydrogens (tertiary/aromatic N) is 2. The van der Waals surface area contributed by atoms with E-state index in [0.29, 0.717) is 23.2 Å². The predicted molar refractivity (Wildman–Crippen MR) is 114 cm³/mol. The van der Waals surface area contributed by atoms with E-state index in [1.807, 2.05) is 17.9 Å². The summed E-state index contributed by atoms with van der Waals surface area (Å²) in [4.78, 5) is 31.9. The average Bonchev–Trinajstić information content (AvgIpc) is 3.33. The third-order valence-electron chi connectivity index (χ3n) is 5.56. The van der Waals surface area contributed by atoms with Gasteiger partial charge in [-0.25, -0.2) is 14.0 Å². The van der Waals surface area contributed by atoms with E-state index in [1.165, 1.54) is 24.5 Å². The number of benzene rings is 1. The molecule has 2 heterocycles. The van der Waals surface area contributed by atoms with E-state index in [4.69, 9.17) is 4.78 Å². The summed E-state index contributed by atoms with van der Waals surface area (Å²) in [5.74, 6) is 0.211. The van der Waals surface area contributed by atoms with E-state index in [9.17, 15) is 13.8 Å². The Morgan fingerprint density at radius 2 is 2.10 bits per heavy atom. The van der Waals surface area contributed by atoms with Gasteiger partial charge < -0.3 is 10.2 Å². The van der Waals surface area contributed by atoms with Crippen LogP contribution in [0.25, 0.3) is 10.4 Å². The highest BCUT2D eigenvalue weighted by Gasteiger charge is 2.40. The third-order valence-corrected chi connectivity index (χ3v) is 7.84. The van der Waals surface area contributed by atoms with E-state index in [1.54, 1.807) is 6.07 Å². The maximum Gasteiger partial charge on any atom is 0.256 e. The summed E-state index contributed by atoms with van der Waals surface area (Å²) in [7, 11) is -3.10. The Hall–Kier alpha value is -2.26. The number of amides is 2. The Morgan fingerprint density at radius 1 is 1.41 bits per heavy atom. The molecule has 7 nitrogen and oxygen atoms in total. The second-order valence-electron chi connectivity index (χ2n) is 7.98. The fourth-order valence-electron chi connectivity index (χ4n) is 3.91. The van der Waals surface area contributed by atoms with Crippen LogP contribution in [0.5, 0.6) is 0 Å². The molecule has 1 saturated carbocycles. The van der Waals surface area contributed by atoms with Gasteiger partial charge in [0.2, 0.25) is 5.91 Å². The van der Waals surface area contributed by atoms with Gasteiger partial charge in [0.1, 0.15) is 0 Å². The molecule has 2 amide bonds. The second kappa shape index (κ2) is 6.91. The Balaban J connectivity index is 1.82. The smallest absolute Gasteiger partial charge is 0.256 e. The lowest BCUT2D eigenvalue weighted by atomic mass is 10.0. The van der Waals surface area contributed by atoms with Gasteiger partial charge in [-0.2, -0.15) is 0 Å². The summed E-state index contributed by atoms with van der Waals surface area (Å²) in [6.07, 6.45) is 3.62. The molecule has 1 aliphatic heterocycles. The fourth-order valence-corrected chi connectivity index (χ4v) is 5.87. The number of rotatable bonds is 5. The second-order valence-corrected chi connectivity index (χ2v) is 11.1. The molecule has 2 aliphatic rings. The number of aryl methyl sites for hydroxylation is 1. The zero-order chi connectivity index (χ0) is 21.1. The first-order valence-corrected chi connectivity index (χ1v) is 12.3. The van der Waals surface area contributed by atoms with E-state index in [2.05, 4.69) is 17.2 Å². The number of carbonyl (C=O) groups is 2. The quantitative estimate of drug-likeness (QED) is 0.748. The van der Waals surface area contributed by atoms with Crippen LogP contribution in [0.15, 0.2) is 17.0 Å². The Kier molecular flexibility index (Phi) is 4.77. The van der Waals surface area contributed by atoms with Gasteiger partial charge in [-0.1, -0.05) is 11.3 Å². The molecule has 1 aromatic heterocycles. The van der Waals surface area contributed by atoms with Gasteiger partial charge in [-0.3, -0.25) is 9.59 Å². The molecule has 154 valence electrons. The normalized spacial score (nSPS) is 19.0. The van der Waals surface area contributed by atoms with Crippen LogP contribution in [-0.4, -0.2) is 38.2 Å². The minimum Gasteiger partial charge on any atom is -0.331 e. The van der Waals surface area contributed by atoms with Gasteiger partial charge in [0.25, 0.3) is 5.91 Å². The minimum atomic E-state index is -3.10. The molecule has 9 heteroatoms. The van der Waals surface area contributed by atoms with E-state index < -0.39 is 9.73 Å². The van der Waals surface area contributed by atoms with Gasteiger partial charge in [-0.15, -0.1) is 0 Å². The summed E-state index contributed by atoms with van der Waals surface area (Å²) in [5, 5.41) is 3.19. The fraction of sp³-hybridized carbons (Fsp3) is 0.450. The van der Waals surface area contributed by atoms with Crippen molar-refractivity contribution in [2.45, 2.75) is 51.1 Å². The van der Waals surface area contributed by atoms with Gasteiger partial charge in [0.15, 0.2) is 5.13 Å². The number of nitrogens with one attached hydrogen (secondary N) is 2. The first-order valence-electron chi connectivity index (χ1n) is 9.53. The van der Waals surface area contributed by atoms with Crippen LogP contribution in [0.2, 0.25) is 0 Å². The highest BCUT2D eigenvalue weighted by atomic mass is 32.2. The SMILES string of the molecule is CC(=O)Nc1nc(C)c(-c2cc3c(c(S(C)(=N)=O)c2)C(=O)N([C@@H](C)C2CC2)C3)s1. The monoisotopic (exact) mass is 432 g/mol. The number of thiazole rings is 1. The minimum absolute atomic E-state index is 0.122. The molecule has 0 radical (unpaired) electrons. The summed E-state index contributed by atoms with van der Waals surface area (Å²) in [5.41, 5.74) is 2.75. The van der Waals surface area contributed by atoms with Gasteiger partial charge in [0.05, 0.1) is 30.8 Å². The molecule has 29 heavy (non-hydrogen) atoms. The summed E-state index contributed by atoms with van der Waals surface area (Å²) in [6, 6.07) is 3.77. The van der Waals surface area contributed by atoms with Crippen molar-refractivity contribution in [1.82, 2.24) is 9.88 Å². The van der Waals surface area contributed by atoms with Gasteiger partial charge >= 0.3 is 0 Å². The summed E-state index contributed by atoms with van der Waals surface area (Å²) >= 11 is 1.33. The Labute approximate surface area is 174 Å². The number of fused-ring (bicyclic) bond motifs is 1. The molecule has 4 rings (SSSR count). The number of anilines is 1. The molecule has 1 aromatic carbocycles. The molecule has 1 aliphatic carbocycles. The molecule has 2 atom stereocenters. The van der Waals surface area contributed by atoms with Crippen molar-refractivity contribution in [3.8, 4) is 10.4 Å². The lowest BCUT2D eigenvalue weighted by Gasteiger charge is -2.24. The standard InChI is InChI=1S/C20H24N4O3S2/c1-10-18(28-20(22-10)23-12(3)25)14-7-15-9-24(11(2)13-5-6-13)19(26)17(15)16(8-14)29(4,21)27/h7-8,11,13,21H,5-6,9H2,1-4H3,(H,22,23,25)/t11-,29?/m0/s1. The molecule has 0 bridgehead atoms.